The number of carbonyl (C=O) groups excluding carboxylic acids is 1. The van der Waals surface area contributed by atoms with Crippen LogP contribution in [0, 0.1) is 0 Å². The van der Waals surface area contributed by atoms with Crippen molar-refractivity contribution in [2.45, 2.75) is 384 Å². The molecule has 0 saturated carbocycles. The predicted octanol–water partition coefficient (Wildman–Crippen LogP) is 19.9. The summed E-state index contributed by atoms with van der Waals surface area (Å²) in [5.74, 6) is -0.181. The molecule has 1 aliphatic rings. The summed E-state index contributed by atoms with van der Waals surface area (Å²) < 4.78 is 11.3. The molecule has 9 nitrogen and oxygen atoms in total. The highest BCUT2D eigenvalue weighted by Crippen LogP contribution is 2.23. The molecule has 0 spiro atoms. The summed E-state index contributed by atoms with van der Waals surface area (Å²) in [6.45, 7) is 3.70. The molecule has 1 saturated heterocycles. The summed E-state index contributed by atoms with van der Waals surface area (Å²) in [6, 6.07) is -0.824. The molecule has 7 unspecified atom stereocenters. The van der Waals surface area contributed by atoms with Crippen LogP contribution in [-0.4, -0.2) is 87.5 Å². The second kappa shape index (κ2) is 63.6. The van der Waals surface area contributed by atoms with Gasteiger partial charge in [0.15, 0.2) is 6.29 Å². The van der Waals surface area contributed by atoms with Gasteiger partial charge < -0.3 is 40.3 Å². The van der Waals surface area contributed by atoms with Crippen LogP contribution in [-0.2, 0) is 14.3 Å². The van der Waals surface area contributed by atoms with E-state index in [0.29, 0.717) is 6.42 Å². The highest BCUT2D eigenvalue weighted by Gasteiger charge is 2.44. The van der Waals surface area contributed by atoms with E-state index in [1.807, 2.05) is 6.08 Å². The van der Waals surface area contributed by atoms with E-state index in [-0.39, 0.29) is 12.5 Å². The van der Waals surface area contributed by atoms with Gasteiger partial charge in [-0.05, 0) is 70.6 Å². The van der Waals surface area contributed by atoms with Crippen LogP contribution < -0.4 is 5.32 Å². The molecule has 1 amide bonds. The highest BCUT2D eigenvalue weighted by atomic mass is 16.7. The Balaban J connectivity index is 2.11. The first kappa shape index (κ1) is 79.6. The van der Waals surface area contributed by atoms with Gasteiger partial charge in [-0.15, -0.1) is 0 Å². The Hall–Kier alpha value is -2.37. The molecule has 1 rings (SSSR count). The largest absolute Gasteiger partial charge is 0.394 e. The quantitative estimate of drug-likeness (QED) is 0.0261. The second-order valence-corrected chi connectivity index (χ2v) is 25.0. The molecule has 1 heterocycles. The van der Waals surface area contributed by atoms with Crippen molar-refractivity contribution in [3.05, 3.63) is 72.9 Å². The first-order chi connectivity index (χ1) is 41.3. The Bertz CT molecular complexity index is 1560. The van der Waals surface area contributed by atoms with Gasteiger partial charge >= 0.3 is 0 Å². The number of aliphatic hydroxyl groups is 5. The average Bonchev–Trinajstić information content (AvgIpc) is 3.70. The minimum atomic E-state index is -1.57. The van der Waals surface area contributed by atoms with E-state index in [9.17, 15) is 30.3 Å². The van der Waals surface area contributed by atoms with Gasteiger partial charge in [0.25, 0.3) is 0 Å². The van der Waals surface area contributed by atoms with Gasteiger partial charge in [0.1, 0.15) is 24.4 Å². The monoisotopic (exact) mass is 1180 g/mol. The lowest BCUT2D eigenvalue weighted by molar-refractivity contribution is -0.302. The van der Waals surface area contributed by atoms with E-state index < -0.39 is 49.5 Å². The number of amides is 1. The number of nitrogens with one attached hydrogen (secondary N) is 1. The Morgan fingerprint density at radius 1 is 0.417 bits per heavy atom. The van der Waals surface area contributed by atoms with Crippen molar-refractivity contribution in [2.24, 2.45) is 0 Å². The smallest absolute Gasteiger partial charge is 0.220 e. The van der Waals surface area contributed by atoms with Crippen molar-refractivity contribution >= 4 is 5.91 Å². The predicted molar refractivity (Wildman–Crippen MR) is 359 cm³/mol. The van der Waals surface area contributed by atoms with Crippen molar-refractivity contribution < 1.29 is 39.8 Å². The summed E-state index contributed by atoms with van der Waals surface area (Å²) in [4.78, 5) is 13.1. The molecule has 1 fully saturated rings. The van der Waals surface area contributed by atoms with Crippen LogP contribution in [0.4, 0.5) is 0 Å². The van der Waals surface area contributed by atoms with Gasteiger partial charge in [0, 0.05) is 6.42 Å². The van der Waals surface area contributed by atoms with Crippen molar-refractivity contribution in [3.63, 3.8) is 0 Å². The van der Waals surface area contributed by atoms with E-state index in [4.69, 9.17) is 9.47 Å². The minimum Gasteiger partial charge on any atom is -0.394 e. The van der Waals surface area contributed by atoms with Crippen LogP contribution in [0.15, 0.2) is 72.9 Å². The molecule has 0 radical (unpaired) electrons. The summed E-state index contributed by atoms with van der Waals surface area (Å²) in [7, 11) is 0. The molecular weight excluding hydrogens is 1040 g/mol. The van der Waals surface area contributed by atoms with Crippen LogP contribution in [0.5, 0.6) is 0 Å². The van der Waals surface area contributed by atoms with Gasteiger partial charge in [-0.2, -0.15) is 0 Å². The fourth-order valence-corrected chi connectivity index (χ4v) is 11.4. The SMILES string of the molecule is CC/C=C\C/C=C\C/C=C\C/C=C\CCCCCCCCCCCCCCCCCCCCCCCCC(=O)NC(COC1OC(CO)C(O)C(O)C1O)C(O)/C=C/CC/C=C/CCCCCCCCCCCCCCCCCCCCCC. The first-order valence-corrected chi connectivity index (χ1v) is 36.2. The summed E-state index contributed by atoms with van der Waals surface area (Å²) in [6.07, 6.45) is 83.1. The number of carbonyl (C=O) groups is 1. The third kappa shape index (κ3) is 51.7. The number of hydrogen-bond donors (Lipinski definition) is 6. The van der Waals surface area contributed by atoms with Gasteiger partial charge in [-0.3, -0.25) is 4.79 Å². The lowest BCUT2D eigenvalue weighted by Crippen LogP contribution is -2.60. The van der Waals surface area contributed by atoms with E-state index in [1.165, 1.54) is 257 Å². The van der Waals surface area contributed by atoms with E-state index in [0.717, 1.165) is 64.2 Å². The van der Waals surface area contributed by atoms with Gasteiger partial charge in [-0.1, -0.05) is 337 Å². The van der Waals surface area contributed by atoms with Crippen LogP contribution in [0.25, 0.3) is 0 Å². The summed E-state index contributed by atoms with van der Waals surface area (Å²) in [5, 5.41) is 54.8. The van der Waals surface area contributed by atoms with Crippen LogP contribution in [0.1, 0.15) is 341 Å². The van der Waals surface area contributed by atoms with Crippen molar-refractivity contribution in [1.29, 1.82) is 0 Å². The van der Waals surface area contributed by atoms with Crippen LogP contribution in [0.3, 0.4) is 0 Å². The van der Waals surface area contributed by atoms with Crippen molar-refractivity contribution in [1.82, 2.24) is 5.32 Å². The number of aliphatic hydroxyl groups excluding tert-OH is 5. The molecule has 0 aliphatic carbocycles. The molecule has 0 aromatic carbocycles. The molecule has 9 heteroatoms. The molecular formula is C75H137NO8. The molecule has 84 heavy (non-hydrogen) atoms. The fraction of sp³-hybridized carbons (Fsp3) is 0.827. The maximum absolute atomic E-state index is 13.1. The third-order valence-corrected chi connectivity index (χ3v) is 17.0. The van der Waals surface area contributed by atoms with E-state index in [2.05, 4.69) is 79.9 Å². The number of rotatable bonds is 63. The van der Waals surface area contributed by atoms with Gasteiger partial charge in [0.05, 0.1) is 25.4 Å². The number of ether oxygens (including phenoxy) is 2. The highest BCUT2D eigenvalue weighted by molar-refractivity contribution is 5.76. The van der Waals surface area contributed by atoms with Crippen molar-refractivity contribution in [2.75, 3.05) is 13.2 Å². The fourth-order valence-electron chi connectivity index (χ4n) is 11.4. The maximum Gasteiger partial charge on any atom is 0.220 e. The zero-order valence-electron chi connectivity index (χ0n) is 54.9. The number of hydrogen-bond acceptors (Lipinski definition) is 8. The molecule has 7 atom stereocenters. The molecule has 1 aliphatic heterocycles. The third-order valence-electron chi connectivity index (χ3n) is 17.0. The molecule has 490 valence electrons. The molecule has 0 bridgehead atoms. The van der Waals surface area contributed by atoms with E-state index in [1.54, 1.807) is 6.08 Å². The topological polar surface area (TPSA) is 149 Å². The Morgan fingerprint density at radius 3 is 1.14 bits per heavy atom. The molecule has 6 N–H and O–H groups in total. The zero-order chi connectivity index (χ0) is 60.7. The maximum atomic E-state index is 13.1. The standard InChI is InChI=1S/C75H137NO8/c1-3-5-7-9-11-13-15-17-19-21-23-25-27-29-31-32-33-34-35-36-37-38-39-41-43-45-47-49-51-53-55-57-59-61-63-65-71(79)76-68(67-83-75-74(82)73(81)72(80)70(66-77)84-75)69(78)64-62-60-58-56-54-52-50-48-46-44-42-40-30-28-26-24-22-20-18-16-14-12-10-8-6-4-2/h5,7,11,13,17,19,23,25,54,56,62,64,68-70,72-75,77-78,80-82H,3-4,6,8-10,12,14-16,18,20-22,24,26-53,55,57-61,63,65-67H2,1-2H3,(H,76,79)/b7-5-,13-11-,19-17-,25-23-,56-54+,64-62+. The minimum absolute atomic E-state index is 0.181. The summed E-state index contributed by atoms with van der Waals surface area (Å²) >= 11 is 0. The summed E-state index contributed by atoms with van der Waals surface area (Å²) in [5.41, 5.74) is 0. The Morgan fingerprint density at radius 2 is 0.750 bits per heavy atom. The van der Waals surface area contributed by atoms with E-state index >= 15 is 0 Å². The number of unbranched alkanes of at least 4 members (excludes halogenated alkanes) is 43. The van der Waals surface area contributed by atoms with Crippen LogP contribution >= 0.6 is 0 Å². The molecule has 0 aromatic heterocycles. The molecule has 0 aromatic rings. The van der Waals surface area contributed by atoms with Gasteiger partial charge in [0.2, 0.25) is 5.91 Å². The first-order valence-electron chi connectivity index (χ1n) is 36.2. The van der Waals surface area contributed by atoms with Crippen molar-refractivity contribution in [3.8, 4) is 0 Å². The zero-order valence-corrected chi connectivity index (χ0v) is 54.9. The lowest BCUT2D eigenvalue weighted by Gasteiger charge is -2.40. The normalized spacial score (nSPS) is 18.6. The van der Waals surface area contributed by atoms with Gasteiger partial charge in [-0.25, -0.2) is 0 Å². The average molecular weight is 1180 g/mol. The van der Waals surface area contributed by atoms with Crippen LogP contribution in [0.2, 0.25) is 0 Å². The Labute approximate surface area is 519 Å². The lowest BCUT2D eigenvalue weighted by atomic mass is 9.99. The Kier molecular flexibility index (Phi) is 60.3. The number of allylic oxidation sites excluding steroid dienone is 11. The second-order valence-electron chi connectivity index (χ2n) is 25.0.